The monoisotopic (exact) mass is 631 g/mol. The Bertz CT molecular complexity index is 3350. The molecule has 0 radical (unpaired) electrons. The van der Waals surface area contributed by atoms with Crippen molar-refractivity contribution in [2.45, 2.75) is 0 Å². The molecule has 0 unspecified atom stereocenters. The second-order valence-electron chi connectivity index (χ2n) is 10.7. The fourth-order valence-corrected chi connectivity index (χ4v) is 5.82. The normalized spacial score (nSPS) is 16.6. The largest absolute Gasteiger partial charge is 0.455 e. The lowest BCUT2D eigenvalue weighted by molar-refractivity contribution is 0.674. The van der Waals surface area contributed by atoms with Crippen molar-refractivity contribution in [2.24, 2.45) is 0 Å². The van der Waals surface area contributed by atoms with Gasteiger partial charge in [-0.1, -0.05) is 151 Å². The van der Waals surface area contributed by atoms with Gasteiger partial charge in [-0.05, 0) is 63.9 Å². The third kappa shape index (κ3) is 4.83. The molecule has 0 amide bonds. The van der Waals surface area contributed by atoms with Gasteiger partial charge in [-0.15, -0.1) is 0 Å². The number of benzene rings is 8. The quantitative estimate of drug-likeness (QED) is 0.182. The zero-order chi connectivity index (χ0) is 47.5. The number of hydrogen-bond acceptors (Lipinski definition) is 2. The zero-order valence-corrected chi connectivity index (χ0v) is 24.9. The van der Waals surface area contributed by atoms with E-state index in [0.717, 1.165) is 21.1 Å². The first-order chi connectivity index (χ1) is 31.3. The topological polar surface area (TPSA) is 16.4 Å². The van der Waals surface area contributed by atoms with Gasteiger partial charge in [0, 0.05) is 38.7 Å². The van der Waals surface area contributed by atoms with E-state index in [-0.39, 0.29) is 5.69 Å². The smallest absolute Gasteiger partial charge is 0.143 e. The van der Waals surface area contributed by atoms with Crippen LogP contribution in [0.5, 0.6) is 0 Å². The number of fused-ring (bicyclic) bond motifs is 5. The molecule has 0 saturated heterocycles. The number of anilines is 3. The summed E-state index contributed by atoms with van der Waals surface area (Å²) >= 11 is 0. The Labute approximate surface area is 305 Å². The van der Waals surface area contributed by atoms with E-state index in [2.05, 4.69) is 0 Å². The highest BCUT2D eigenvalue weighted by molar-refractivity contribution is 6.17. The molecule has 48 heavy (non-hydrogen) atoms. The van der Waals surface area contributed by atoms with E-state index in [1.165, 1.54) is 6.07 Å². The Morgan fingerprint density at radius 2 is 0.917 bits per heavy atom. The van der Waals surface area contributed by atoms with Gasteiger partial charge < -0.3 is 9.32 Å². The molecule has 0 fully saturated rings. The van der Waals surface area contributed by atoms with E-state index in [1.54, 1.807) is 30.3 Å². The van der Waals surface area contributed by atoms with Crippen LogP contribution in [0.1, 0.15) is 24.7 Å². The molecule has 8 aromatic carbocycles. The maximum absolute atomic E-state index is 9.52. The molecule has 226 valence electrons. The standard InChI is InChI=1S/C46H31NO/c1-3-12-32(13-4-1)34-22-27-37(28-23-34)47(38-29-24-35(25-30-38)33-14-5-2-6-15-33)44-21-10-9-18-40(44)41-19-11-20-42-43-31-26-36-16-7-8-17-39(36)45(43)48-46(41)42/h1-31H/i1D,2D,3D,4D,5D,6D,12D,13D,14D,15D,22D,23D,24D,25D,27D,28D,29D,30D. The first-order valence-corrected chi connectivity index (χ1v) is 14.9. The molecule has 2 heteroatoms. The second kappa shape index (κ2) is 11.8. The van der Waals surface area contributed by atoms with Crippen molar-refractivity contribution in [1.29, 1.82) is 0 Å². The summed E-state index contributed by atoms with van der Waals surface area (Å²) in [6.07, 6.45) is 0. The SMILES string of the molecule is [2H]c1c([2H])c([2H])c(-c2c([2H])c([2H])c(N(c3ccccc3-c3cccc4c3oc3c5ccccc5ccc43)c3c([2H])c([2H])c(-c4c([2H])c([2H])c([2H])c([2H])c4[2H])c([2H])c3[2H])c([2H])c2[2H])c([2H])c1[2H]. The summed E-state index contributed by atoms with van der Waals surface area (Å²) in [6.45, 7) is 0. The number of furan rings is 1. The lowest BCUT2D eigenvalue weighted by atomic mass is 9.98. The van der Waals surface area contributed by atoms with Crippen LogP contribution >= 0.6 is 0 Å². The fraction of sp³-hybridized carbons (Fsp3) is 0. The van der Waals surface area contributed by atoms with Crippen LogP contribution in [0.3, 0.4) is 0 Å². The van der Waals surface area contributed by atoms with Crippen molar-refractivity contribution in [1.82, 2.24) is 0 Å². The molecule has 0 aliphatic rings. The second-order valence-corrected chi connectivity index (χ2v) is 10.7. The van der Waals surface area contributed by atoms with Gasteiger partial charge in [0.2, 0.25) is 0 Å². The molecule has 1 heterocycles. The van der Waals surface area contributed by atoms with Crippen LogP contribution in [-0.2, 0) is 0 Å². The van der Waals surface area contributed by atoms with Crippen molar-refractivity contribution in [3.05, 3.63) is 188 Å². The molecule has 0 N–H and O–H groups in total. The average molecular weight is 632 g/mol. The van der Waals surface area contributed by atoms with Crippen LogP contribution in [-0.4, -0.2) is 0 Å². The van der Waals surface area contributed by atoms with Crippen LogP contribution in [0.15, 0.2) is 192 Å². The summed E-state index contributed by atoms with van der Waals surface area (Å²) in [5.74, 6) is 0. The minimum absolute atomic E-state index is 0.00281. The summed E-state index contributed by atoms with van der Waals surface area (Å²) < 4.78 is 166. The number of nitrogens with zero attached hydrogens (tertiary/aromatic N) is 1. The van der Waals surface area contributed by atoms with Crippen molar-refractivity contribution in [3.63, 3.8) is 0 Å². The van der Waals surface area contributed by atoms with Gasteiger partial charge in [-0.2, -0.15) is 0 Å². The van der Waals surface area contributed by atoms with E-state index in [9.17, 15) is 11.0 Å². The highest BCUT2D eigenvalue weighted by atomic mass is 16.3. The molecule has 0 aliphatic heterocycles. The van der Waals surface area contributed by atoms with Crippen LogP contribution in [0.2, 0.25) is 0 Å². The van der Waals surface area contributed by atoms with Crippen molar-refractivity contribution in [3.8, 4) is 33.4 Å². The number of rotatable bonds is 6. The van der Waals surface area contributed by atoms with E-state index < -0.39 is 142 Å². The Morgan fingerprint density at radius 1 is 0.396 bits per heavy atom. The first-order valence-electron chi connectivity index (χ1n) is 23.9. The van der Waals surface area contributed by atoms with Gasteiger partial charge in [-0.25, -0.2) is 0 Å². The molecule has 0 bridgehead atoms. The summed E-state index contributed by atoms with van der Waals surface area (Å²) in [5.41, 5.74) is -2.00. The first kappa shape index (κ1) is 15.0. The minimum atomic E-state index is -0.857. The highest BCUT2D eigenvalue weighted by Gasteiger charge is 2.21. The summed E-state index contributed by atoms with van der Waals surface area (Å²) in [4.78, 5) is 1.02. The summed E-state index contributed by atoms with van der Waals surface area (Å²) in [6, 6.07) is 8.68. The van der Waals surface area contributed by atoms with Gasteiger partial charge in [0.05, 0.1) is 30.4 Å². The van der Waals surface area contributed by atoms with Gasteiger partial charge in [0.25, 0.3) is 0 Å². The third-order valence-electron chi connectivity index (χ3n) is 7.99. The van der Waals surface area contributed by atoms with Gasteiger partial charge in [0.1, 0.15) is 11.2 Å². The fourth-order valence-electron chi connectivity index (χ4n) is 5.82. The maximum atomic E-state index is 9.52. The Balaban J connectivity index is 1.40. The lowest BCUT2D eigenvalue weighted by Crippen LogP contribution is -2.11. The zero-order valence-electron chi connectivity index (χ0n) is 42.9. The highest BCUT2D eigenvalue weighted by Crippen LogP contribution is 2.45. The van der Waals surface area contributed by atoms with Crippen LogP contribution in [0, 0.1) is 0 Å². The molecule has 0 saturated carbocycles. The predicted octanol–water partition coefficient (Wildman–Crippen LogP) is 13.2. The predicted molar refractivity (Wildman–Crippen MR) is 202 cm³/mol. The van der Waals surface area contributed by atoms with Crippen molar-refractivity contribution < 1.29 is 29.1 Å². The molecular weight excluding hydrogens is 583 g/mol. The van der Waals surface area contributed by atoms with E-state index >= 15 is 0 Å². The third-order valence-corrected chi connectivity index (χ3v) is 7.99. The Kier molecular flexibility index (Phi) is 3.68. The van der Waals surface area contributed by atoms with Gasteiger partial charge in [0.15, 0.2) is 0 Å². The van der Waals surface area contributed by atoms with Crippen LogP contribution in [0.4, 0.5) is 17.1 Å². The van der Waals surface area contributed by atoms with Crippen LogP contribution in [0.25, 0.3) is 66.1 Å². The molecule has 9 aromatic rings. The molecule has 2 nitrogen and oxygen atoms in total. The van der Waals surface area contributed by atoms with Crippen LogP contribution < -0.4 is 4.90 Å². The molecular formula is C46H31NO. The Morgan fingerprint density at radius 3 is 1.58 bits per heavy atom. The number of para-hydroxylation sites is 2. The molecule has 0 aliphatic carbocycles. The van der Waals surface area contributed by atoms with Gasteiger partial charge in [-0.3, -0.25) is 0 Å². The molecule has 9 rings (SSSR count). The maximum Gasteiger partial charge on any atom is 0.143 e. The number of hydrogen-bond donors (Lipinski definition) is 0. The van der Waals surface area contributed by atoms with Gasteiger partial charge >= 0.3 is 0 Å². The average Bonchev–Trinajstić information content (AvgIpc) is 3.71. The van der Waals surface area contributed by atoms with Crippen molar-refractivity contribution in [2.75, 3.05) is 4.90 Å². The summed E-state index contributed by atoms with van der Waals surface area (Å²) in [7, 11) is 0. The van der Waals surface area contributed by atoms with E-state index in [0.29, 0.717) is 27.7 Å². The molecule has 0 atom stereocenters. The molecule has 1 aromatic heterocycles. The summed E-state index contributed by atoms with van der Waals surface area (Å²) in [5, 5.41) is 3.24. The van der Waals surface area contributed by atoms with E-state index in [1.807, 2.05) is 42.5 Å². The molecule has 0 spiro atoms. The van der Waals surface area contributed by atoms with E-state index in [4.69, 9.17) is 18.1 Å². The minimum Gasteiger partial charge on any atom is -0.455 e. The Hall–Kier alpha value is -6.38. The van der Waals surface area contributed by atoms with Crippen molar-refractivity contribution >= 4 is 49.8 Å². The lowest BCUT2D eigenvalue weighted by Gasteiger charge is -2.28.